The first-order valence-corrected chi connectivity index (χ1v) is 11.0. The van der Waals surface area contributed by atoms with Crippen molar-refractivity contribution in [2.24, 2.45) is 0 Å². The van der Waals surface area contributed by atoms with E-state index in [1.807, 2.05) is 13.0 Å². The summed E-state index contributed by atoms with van der Waals surface area (Å²) in [5, 5.41) is 7.40. The highest BCUT2D eigenvalue weighted by atomic mass is 35.5. The molecule has 9 heteroatoms. The standard InChI is InChI=1S/C23H27ClN2O5S/c1-6-25-23(32)26-15-9-7-13-18(12-8-10-17(28-2)16(27)11-14(12)15)20(29-3)22(31-5)21(30-4)19(13)24/h8,10-11,15H,6-7,9H2,1-5H3,(H2,25,26,32)/t15-/m0/s1. The molecule has 0 aromatic heterocycles. The molecule has 0 saturated heterocycles. The summed E-state index contributed by atoms with van der Waals surface area (Å²) in [4.78, 5) is 12.8. The van der Waals surface area contributed by atoms with E-state index < -0.39 is 0 Å². The highest BCUT2D eigenvalue weighted by molar-refractivity contribution is 7.80. The Morgan fingerprint density at radius 1 is 1.09 bits per heavy atom. The first-order chi connectivity index (χ1) is 15.4. The molecule has 0 saturated carbocycles. The van der Waals surface area contributed by atoms with Gasteiger partial charge in [0.1, 0.15) is 0 Å². The van der Waals surface area contributed by atoms with Crippen LogP contribution < -0.4 is 35.0 Å². The Labute approximate surface area is 198 Å². The minimum absolute atomic E-state index is 0.232. The van der Waals surface area contributed by atoms with Gasteiger partial charge in [0.2, 0.25) is 11.2 Å². The smallest absolute Gasteiger partial charge is 0.220 e. The molecule has 0 unspecified atom stereocenters. The quantitative estimate of drug-likeness (QED) is 0.606. The van der Waals surface area contributed by atoms with Gasteiger partial charge in [0.05, 0.1) is 39.5 Å². The number of thiocarbonyl (C=S) groups is 1. The Morgan fingerprint density at radius 3 is 2.38 bits per heavy atom. The summed E-state index contributed by atoms with van der Waals surface area (Å²) in [6, 6.07) is 4.83. The predicted molar refractivity (Wildman–Crippen MR) is 130 cm³/mol. The van der Waals surface area contributed by atoms with Crippen LogP contribution in [0, 0.1) is 0 Å². The van der Waals surface area contributed by atoms with E-state index in [2.05, 4.69) is 10.6 Å². The highest BCUT2D eigenvalue weighted by Crippen LogP contribution is 2.54. The van der Waals surface area contributed by atoms with Crippen molar-refractivity contribution in [1.82, 2.24) is 10.6 Å². The molecule has 1 atom stereocenters. The normalized spacial score (nSPS) is 14.4. The number of nitrogens with one attached hydrogen (secondary N) is 2. The van der Waals surface area contributed by atoms with E-state index in [4.69, 9.17) is 42.8 Å². The van der Waals surface area contributed by atoms with Gasteiger partial charge in [0.15, 0.2) is 22.4 Å². The predicted octanol–water partition coefficient (Wildman–Crippen LogP) is 3.87. The van der Waals surface area contributed by atoms with Gasteiger partial charge in [-0.05, 0) is 60.8 Å². The fraction of sp³-hybridized carbons (Fsp3) is 0.391. The number of fused-ring (bicyclic) bond motifs is 3. The molecule has 0 spiro atoms. The van der Waals surface area contributed by atoms with Gasteiger partial charge in [-0.3, -0.25) is 4.79 Å². The number of rotatable bonds is 6. The minimum atomic E-state index is -0.244. The van der Waals surface area contributed by atoms with Crippen molar-refractivity contribution in [3.63, 3.8) is 0 Å². The summed E-state index contributed by atoms with van der Waals surface area (Å²) in [6.45, 7) is 2.65. The average Bonchev–Trinajstić information content (AvgIpc) is 3.03. The van der Waals surface area contributed by atoms with Crippen molar-refractivity contribution in [2.45, 2.75) is 25.8 Å². The zero-order chi connectivity index (χ0) is 23.4. The van der Waals surface area contributed by atoms with Gasteiger partial charge in [-0.2, -0.15) is 0 Å². The van der Waals surface area contributed by atoms with Gasteiger partial charge in [0, 0.05) is 12.1 Å². The fourth-order valence-corrected chi connectivity index (χ4v) is 4.70. The van der Waals surface area contributed by atoms with Gasteiger partial charge in [-0.25, -0.2) is 0 Å². The molecule has 0 aliphatic heterocycles. The van der Waals surface area contributed by atoms with Crippen molar-refractivity contribution in [3.8, 4) is 34.1 Å². The van der Waals surface area contributed by atoms with Gasteiger partial charge in [0.25, 0.3) is 0 Å². The number of halogens is 1. The molecule has 0 radical (unpaired) electrons. The van der Waals surface area contributed by atoms with Crippen LogP contribution in [-0.4, -0.2) is 40.1 Å². The van der Waals surface area contributed by atoms with Crippen LogP contribution in [0.4, 0.5) is 0 Å². The van der Waals surface area contributed by atoms with Crippen molar-refractivity contribution < 1.29 is 18.9 Å². The lowest BCUT2D eigenvalue weighted by atomic mass is 9.95. The first-order valence-electron chi connectivity index (χ1n) is 10.2. The fourth-order valence-electron chi connectivity index (χ4n) is 4.06. The van der Waals surface area contributed by atoms with Crippen molar-refractivity contribution >= 4 is 28.9 Å². The molecule has 1 aliphatic rings. The van der Waals surface area contributed by atoms with Crippen LogP contribution in [0.25, 0.3) is 11.1 Å². The van der Waals surface area contributed by atoms with Crippen LogP contribution in [-0.2, 0) is 6.42 Å². The molecule has 2 aromatic carbocycles. The largest absolute Gasteiger partial charge is 0.493 e. The van der Waals surface area contributed by atoms with E-state index >= 15 is 0 Å². The monoisotopic (exact) mass is 478 g/mol. The Bertz CT molecular complexity index is 1090. The highest BCUT2D eigenvalue weighted by Gasteiger charge is 2.32. The Balaban J connectivity index is 2.39. The lowest BCUT2D eigenvalue weighted by Gasteiger charge is -2.21. The van der Waals surface area contributed by atoms with E-state index in [1.54, 1.807) is 19.2 Å². The second-order valence-corrected chi connectivity index (χ2v) is 7.93. The van der Waals surface area contributed by atoms with E-state index in [0.717, 1.165) is 22.3 Å². The summed E-state index contributed by atoms with van der Waals surface area (Å²) < 4.78 is 22.2. The van der Waals surface area contributed by atoms with Crippen molar-refractivity contribution in [1.29, 1.82) is 0 Å². The lowest BCUT2D eigenvalue weighted by molar-refractivity contribution is 0.325. The summed E-state index contributed by atoms with van der Waals surface area (Å²) in [5.74, 6) is 1.51. The molecule has 7 nitrogen and oxygen atoms in total. The molecule has 3 rings (SSSR count). The maximum absolute atomic E-state index is 12.8. The molecule has 0 heterocycles. The van der Waals surface area contributed by atoms with Gasteiger partial charge in [-0.15, -0.1) is 0 Å². The number of ether oxygens (including phenoxy) is 4. The van der Waals surface area contributed by atoms with Crippen LogP contribution in [0.3, 0.4) is 0 Å². The maximum atomic E-state index is 12.8. The molecular formula is C23H27ClN2O5S. The summed E-state index contributed by atoms with van der Waals surface area (Å²) in [6.07, 6.45) is 1.23. The van der Waals surface area contributed by atoms with Crippen LogP contribution in [0.1, 0.15) is 30.5 Å². The van der Waals surface area contributed by atoms with E-state index in [-0.39, 0.29) is 17.2 Å². The zero-order valence-corrected chi connectivity index (χ0v) is 20.3. The van der Waals surface area contributed by atoms with Gasteiger partial charge < -0.3 is 29.6 Å². The second kappa shape index (κ2) is 10.3. The minimum Gasteiger partial charge on any atom is -0.493 e. The number of hydrogen-bond donors (Lipinski definition) is 2. The third-order valence-electron chi connectivity index (χ3n) is 5.45. The molecule has 0 fully saturated rings. The summed E-state index contributed by atoms with van der Waals surface area (Å²) in [5.41, 5.74) is 2.90. The zero-order valence-electron chi connectivity index (χ0n) is 18.8. The van der Waals surface area contributed by atoms with Crippen LogP contribution >= 0.6 is 23.8 Å². The van der Waals surface area contributed by atoms with Gasteiger partial charge >= 0.3 is 0 Å². The second-order valence-electron chi connectivity index (χ2n) is 7.14. The molecule has 0 amide bonds. The van der Waals surface area contributed by atoms with Gasteiger partial charge in [-0.1, -0.05) is 17.7 Å². The molecule has 32 heavy (non-hydrogen) atoms. The van der Waals surface area contributed by atoms with Crippen LogP contribution in [0.2, 0.25) is 5.02 Å². The first kappa shape index (κ1) is 23.9. The van der Waals surface area contributed by atoms with E-state index in [9.17, 15) is 4.79 Å². The maximum Gasteiger partial charge on any atom is 0.220 e. The Morgan fingerprint density at radius 2 is 1.78 bits per heavy atom. The molecule has 172 valence electrons. The molecule has 2 aromatic rings. The summed E-state index contributed by atoms with van der Waals surface area (Å²) >= 11 is 12.2. The van der Waals surface area contributed by atoms with Crippen LogP contribution in [0.5, 0.6) is 23.0 Å². The lowest BCUT2D eigenvalue weighted by Crippen LogP contribution is -2.37. The van der Waals surface area contributed by atoms with E-state index in [0.29, 0.717) is 46.8 Å². The molecule has 1 aliphatic carbocycles. The van der Waals surface area contributed by atoms with Crippen molar-refractivity contribution in [3.05, 3.63) is 44.6 Å². The number of methoxy groups -OCH3 is 4. The molecule has 2 N–H and O–H groups in total. The SMILES string of the molecule is CCNC(=S)N[C@H]1CCc2c(Cl)c(OC)c(OC)c(OC)c2-c2ccc(OC)c(=O)cc21. The number of hydrogen-bond acceptors (Lipinski definition) is 6. The third kappa shape index (κ3) is 4.29. The Hall–Kier alpha value is -2.71. The summed E-state index contributed by atoms with van der Waals surface area (Å²) in [7, 11) is 6.10. The van der Waals surface area contributed by atoms with Crippen LogP contribution in [0.15, 0.2) is 23.0 Å². The average molecular weight is 479 g/mol. The molecular weight excluding hydrogens is 452 g/mol. The third-order valence-corrected chi connectivity index (χ3v) is 6.11. The number of benzene rings is 1. The van der Waals surface area contributed by atoms with E-state index in [1.165, 1.54) is 21.3 Å². The Kier molecular flexibility index (Phi) is 7.69. The topological polar surface area (TPSA) is 78.1 Å². The van der Waals surface area contributed by atoms with Crippen molar-refractivity contribution in [2.75, 3.05) is 35.0 Å². The molecule has 0 bridgehead atoms.